The molecule has 0 saturated heterocycles. The SMILES string of the molecule is CC(C)C[C@H](N)C(=O)Nc1ccccc1OCC(=O)O. The molecule has 0 aliphatic rings. The molecule has 6 nitrogen and oxygen atoms in total. The number of nitrogens with one attached hydrogen (secondary N) is 1. The lowest BCUT2D eigenvalue weighted by atomic mass is 10.0. The molecule has 0 heterocycles. The quantitative estimate of drug-likeness (QED) is 0.702. The Kier molecular flexibility index (Phi) is 5.99. The number of rotatable bonds is 7. The van der Waals surface area contributed by atoms with E-state index >= 15 is 0 Å². The van der Waals surface area contributed by atoms with Crippen LogP contribution in [-0.4, -0.2) is 29.6 Å². The number of hydrogen-bond donors (Lipinski definition) is 3. The minimum absolute atomic E-state index is 0.306. The molecule has 0 fully saturated rings. The summed E-state index contributed by atoms with van der Waals surface area (Å²) in [5.74, 6) is -0.776. The smallest absolute Gasteiger partial charge is 0.341 e. The molecule has 1 rings (SSSR count). The second kappa shape index (κ2) is 7.49. The van der Waals surface area contributed by atoms with Gasteiger partial charge in [0.25, 0.3) is 0 Å². The van der Waals surface area contributed by atoms with Gasteiger partial charge in [-0.1, -0.05) is 26.0 Å². The number of benzene rings is 1. The predicted molar refractivity (Wildman–Crippen MR) is 75.6 cm³/mol. The van der Waals surface area contributed by atoms with E-state index in [0.717, 1.165) is 0 Å². The number of carbonyl (C=O) groups excluding carboxylic acids is 1. The lowest BCUT2D eigenvalue weighted by Gasteiger charge is -2.16. The van der Waals surface area contributed by atoms with Crippen molar-refractivity contribution >= 4 is 17.6 Å². The first-order chi connectivity index (χ1) is 9.40. The van der Waals surface area contributed by atoms with Crippen molar-refractivity contribution in [1.82, 2.24) is 0 Å². The number of hydrogen-bond acceptors (Lipinski definition) is 4. The fraction of sp³-hybridized carbons (Fsp3) is 0.429. The van der Waals surface area contributed by atoms with Gasteiger partial charge in [0.2, 0.25) is 5.91 Å². The number of aliphatic carboxylic acids is 1. The van der Waals surface area contributed by atoms with E-state index in [9.17, 15) is 9.59 Å². The van der Waals surface area contributed by atoms with Gasteiger partial charge in [-0.2, -0.15) is 0 Å². The van der Waals surface area contributed by atoms with Crippen molar-refractivity contribution in [3.05, 3.63) is 24.3 Å². The van der Waals surface area contributed by atoms with Crippen LogP contribution in [0.4, 0.5) is 5.69 Å². The maximum Gasteiger partial charge on any atom is 0.341 e. The average molecular weight is 280 g/mol. The van der Waals surface area contributed by atoms with Crippen molar-refractivity contribution < 1.29 is 19.4 Å². The number of carboxylic acids is 1. The third-order valence-electron chi connectivity index (χ3n) is 2.56. The number of para-hydroxylation sites is 2. The maximum absolute atomic E-state index is 11.9. The van der Waals surface area contributed by atoms with Gasteiger partial charge >= 0.3 is 5.97 Å². The maximum atomic E-state index is 11.9. The third-order valence-corrected chi connectivity index (χ3v) is 2.56. The normalized spacial score (nSPS) is 12.0. The fourth-order valence-corrected chi connectivity index (χ4v) is 1.68. The van der Waals surface area contributed by atoms with E-state index in [1.54, 1.807) is 24.3 Å². The van der Waals surface area contributed by atoms with Gasteiger partial charge in [-0.15, -0.1) is 0 Å². The number of anilines is 1. The monoisotopic (exact) mass is 280 g/mol. The summed E-state index contributed by atoms with van der Waals surface area (Å²) in [6.45, 7) is 3.50. The summed E-state index contributed by atoms with van der Waals surface area (Å²) in [5.41, 5.74) is 6.21. The Morgan fingerprint density at radius 3 is 2.60 bits per heavy atom. The molecule has 0 saturated carbocycles. The summed E-state index contributed by atoms with van der Waals surface area (Å²) >= 11 is 0. The van der Waals surface area contributed by atoms with Gasteiger partial charge in [-0.05, 0) is 24.5 Å². The van der Waals surface area contributed by atoms with E-state index in [4.69, 9.17) is 15.6 Å². The second-order valence-electron chi connectivity index (χ2n) is 4.90. The molecule has 1 aromatic carbocycles. The van der Waals surface area contributed by atoms with Crippen molar-refractivity contribution in [1.29, 1.82) is 0 Å². The van der Waals surface area contributed by atoms with Crippen LogP contribution < -0.4 is 15.8 Å². The molecule has 0 unspecified atom stereocenters. The van der Waals surface area contributed by atoms with Crippen LogP contribution in [0.15, 0.2) is 24.3 Å². The minimum Gasteiger partial charge on any atom is -0.480 e. The molecular formula is C14H20N2O4. The van der Waals surface area contributed by atoms with Gasteiger partial charge in [0.05, 0.1) is 11.7 Å². The Balaban J connectivity index is 2.71. The van der Waals surface area contributed by atoms with Crippen molar-refractivity contribution in [2.24, 2.45) is 11.7 Å². The van der Waals surface area contributed by atoms with E-state index in [0.29, 0.717) is 23.8 Å². The standard InChI is InChI=1S/C14H20N2O4/c1-9(2)7-10(15)14(19)16-11-5-3-4-6-12(11)20-8-13(17)18/h3-6,9-10H,7-8,15H2,1-2H3,(H,16,19)(H,17,18)/t10-/m0/s1. The lowest BCUT2D eigenvalue weighted by Crippen LogP contribution is -2.36. The van der Waals surface area contributed by atoms with E-state index in [-0.39, 0.29) is 5.91 Å². The molecule has 0 aromatic heterocycles. The molecule has 4 N–H and O–H groups in total. The van der Waals surface area contributed by atoms with Gasteiger partial charge < -0.3 is 20.9 Å². The predicted octanol–water partition coefficient (Wildman–Crippen LogP) is 1.46. The Morgan fingerprint density at radius 2 is 2.00 bits per heavy atom. The van der Waals surface area contributed by atoms with Crippen LogP contribution in [0.25, 0.3) is 0 Å². The van der Waals surface area contributed by atoms with Crippen molar-refractivity contribution in [3.8, 4) is 5.75 Å². The zero-order valence-corrected chi connectivity index (χ0v) is 11.6. The first-order valence-corrected chi connectivity index (χ1v) is 6.40. The minimum atomic E-state index is -1.08. The van der Waals surface area contributed by atoms with Crippen LogP contribution >= 0.6 is 0 Å². The topological polar surface area (TPSA) is 102 Å². The number of carbonyl (C=O) groups is 2. The molecular weight excluding hydrogens is 260 g/mol. The second-order valence-corrected chi connectivity index (χ2v) is 4.90. The fourth-order valence-electron chi connectivity index (χ4n) is 1.68. The van der Waals surface area contributed by atoms with E-state index in [1.165, 1.54) is 0 Å². The van der Waals surface area contributed by atoms with Crippen LogP contribution in [0.1, 0.15) is 20.3 Å². The van der Waals surface area contributed by atoms with Gasteiger partial charge in [0.1, 0.15) is 5.75 Å². The van der Waals surface area contributed by atoms with Crippen LogP contribution in [0.2, 0.25) is 0 Å². The summed E-state index contributed by atoms with van der Waals surface area (Å²) in [6, 6.07) is 6.03. The Bertz CT molecular complexity index is 474. The first-order valence-electron chi connectivity index (χ1n) is 6.40. The summed E-state index contributed by atoms with van der Waals surface area (Å²) in [6.07, 6.45) is 0.573. The molecule has 0 aliphatic carbocycles. The highest BCUT2D eigenvalue weighted by Crippen LogP contribution is 2.24. The Hall–Kier alpha value is -2.08. The summed E-state index contributed by atoms with van der Waals surface area (Å²) in [4.78, 5) is 22.4. The molecule has 0 aliphatic heterocycles. The molecule has 0 spiro atoms. The van der Waals surface area contributed by atoms with Gasteiger partial charge in [-0.25, -0.2) is 4.79 Å². The highest BCUT2D eigenvalue weighted by Gasteiger charge is 2.16. The number of ether oxygens (including phenoxy) is 1. The van der Waals surface area contributed by atoms with Crippen LogP contribution in [-0.2, 0) is 9.59 Å². The van der Waals surface area contributed by atoms with E-state index in [2.05, 4.69) is 5.32 Å². The van der Waals surface area contributed by atoms with Crippen molar-refractivity contribution in [2.75, 3.05) is 11.9 Å². The zero-order valence-electron chi connectivity index (χ0n) is 11.6. The summed E-state index contributed by atoms with van der Waals surface area (Å²) < 4.78 is 5.11. The van der Waals surface area contributed by atoms with Crippen LogP contribution in [0.5, 0.6) is 5.75 Å². The third kappa shape index (κ3) is 5.27. The summed E-state index contributed by atoms with van der Waals surface area (Å²) in [5, 5.41) is 11.3. The van der Waals surface area contributed by atoms with E-state index in [1.807, 2.05) is 13.8 Å². The lowest BCUT2D eigenvalue weighted by molar-refractivity contribution is -0.139. The molecule has 110 valence electrons. The molecule has 1 atom stereocenters. The number of carboxylic acid groups (broad SMARTS) is 1. The first kappa shape index (κ1) is 16.0. The average Bonchev–Trinajstić information content (AvgIpc) is 2.36. The van der Waals surface area contributed by atoms with Crippen LogP contribution in [0.3, 0.4) is 0 Å². The highest BCUT2D eigenvalue weighted by atomic mass is 16.5. The van der Waals surface area contributed by atoms with E-state index < -0.39 is 18.6 Å². The molecule has 1 aromatic rings. The molecule has 0 radical (unpaired) electrons. The van der Waals surface area contributed by atoms with Crippen molar-refractivity contribution in [3.63, 3.8) is 0 Å². The highest BCUT2D eigenvalue weighted by molar-refractivity contribution is 5.95. The molecule has 6 heteroatoms. The summed E-state index contributed by atoms with van der Waals surface area (Å²) in [7, 11) is 0. The Labute approximate surface area is 117 Å². The number of amides is 1. The van der Waals surface area contributed by atoms with Gasteiger partial charge in [0, 0.05) is 0 Å². The Morgan fingerprint density at radius 1 is 1.35 bits per heavy atom. The van der Waals surface area contributed by atoms with Crippen LogP contribution in [0, 0.1) is 5.92 Å². The van der Waals surface area contributed by atoms with Crippen molar-refractivity contribution in [2.45, 2.75) is 26.3 Å². The largest absolute Gasteiger partial charge is 0.480 e. The van der Waals surface area contributed by atoms with Gasteiger partial charge in [-0.3, -0.25) is 4.79 Å². The molecule has 20 heavy (non-hydrogen) atoms. The number of nitrogens with two attached hydrogens (primary N) is 1. The van der Waals surface area contributed by atoms with Gasteiger partial charge in [0.15, 0.2) is 6.61 Å². The zero-order chi connectivity index (χ0) is 15.1. The molecule has 1 amide bonds. The molecule has 0 bridgehead atoms.